The van der Waals surface area contributed by atoms with E-state index in [-0.39, 0.29) is 0 Å². The number of fused-ring (bicyclic) bond motifs is 1. The molecule has 0 N–H and O–H groups in total. The molecule has 0 saturated heterocycles. The zero-order valence-corrected chi connectivity index (χ0v) is 13.8. The number of aryl methyl sites for hydroxylation is 1. The summed E-state index contributed by atoms with van der Waals surface area (Å²) in [5, 5.41) is 2.48. The lowest BCUT2D eigenvalue weighted by Gasteiger charge is -2.08. The molecule has 0 aromatic heterocycles. The highest BCUT2D eigenvalue weighted by atomic mass is 16.1. The van der Waals surface area contributed by atoms with Gasteiger partial charge in [0.05, 0.1) is 0 Å². The third kappa shape index (κ3) is 4.98. The van der Waals surface area contributed by atoms with Gasteiger partial charge in [0, 0.05) is 5.56 Å². The molecule has 22 heavy (non-hydrogen) atoms. The Morgan fingerprint density at radius 1 is 0.864 bits per heavy atom. The Bertz CT molecular complexity index is 585. The number of unbranched alkanes of at least 4 members (excludes halogenated alkanes) is 7. The zero-order chi connectivity index (χ0) is 15.6. The third-order valence-corrected chi connectivity index (χ3v) is 4.41. The Morgan fingerprint density at radius 2 is 1.55 bits per heavy atom. The van der Waals surface area contributed by atoms with Crippen LogP contribution in [0.15, 0.2) is 36.4 Å². The van der Waals surface area contributed by atoms with Crippen molar-refractivity contribution in [1.82, 2.24) is 0 Å². The molecule has 0 aliphatic rings. The number of rotatable bonds is 10. The van der Waals surface area contributed by atoms with Gasteiger partial charge in [-0.05, 0) is 41.3 Å². The van der Waals surface area contributed by atoms with Crippen LogP contribution >= 0.6 is 0 Å². The van der Waals surface area contributed by atoms with Crippen LogP contribution in [0.5, 0.6) is 0 Å². The molecule has 0 atom stereocenters. The van der Waals surface area contributed by atoms with Gasteiger partial charge in [-0.25, -0.2) is 0 Å². The number of hydrogen-bond acceptors (Lipinski definition) is 1. The maximum atomic E-state index is 11.1. The van der Waals surface area contributed by atoms with Gasteiger partial charge < -0.3 is 0 Å². The lowest BCUT2D eigenvalue weighted by molar-refractivity contribution is 0.112. The molecule has 0 spiro atoms. The SMILES string of the molecule is CCCCCCCCCCc1cc(C=O)cc2ccccc12. The van der Waals surface area contributed by atoms with E-state index in [0.717, 1.165) is 18.3 Å². The van der Waals surface area contributed by atoms with Crippen LogP contribution in [0.1, 0.15) is 74.2 Å². The molecule has 0 radical (unpaired) electrons. The third-order valence-electron chi connectivity index (χ3n) is 4.41. The Hall–Kier alpha value is -1.63. The molecule has 2 aromatic carbocycles. The highest BCUT2D eigenvalue weighted by Crippen LogP contribution is 2.22. The van der Waals surface area contributed by atoms with Crippen LogP contribution in [0, 0.1) is 0 Å². The molecule has 2 aromatic rings. The molecule has 1 nitrogen and oxygen atoms in total. The molecule has 0 unspecified atom stereocenters. The minimum absolute atomic E-state index is 0.799. The fourth-order valence-electron chi connectivity index (χ4n) is 3.14. The summed E-state index contributed by atoms with van der Waals surface area (Å²) in [5.41, 5.74) is 2.12. The van der Waals surface area contributed by atoms with Crippen LogP contribution in [0.3, 0.4) is 0 Å². The fourth-order valence-corrected chi connectivity index (χ4v) is 3.14. The van der Waals surface area contributed by atoms with Crippen molar-refractivity contribution in [3.05, 3.63) is 47.5 Å². The van der Waals surface area contributed by atoms with Gasteiger partial charge in [-0.1, -0.05) is 76.1 Å². The van der Waals surface area contributed by atoms with Gasteiger partial charge >= 0.3 is 0 Å². The quantitative estimate of drug-likeness (QED) is 0.369. The first-order chi connectivity index (χ1) is 10.8. The summed E-state index contributed by atoms with van der Waals surface area (Å²) in [4.78, 5) is 11.1. The molecular formula is C21H28O. The van der Waals surface area contributed by atoms with E-state index in [9.17, 15) is 4.79 Å². The van der Waals surface area contributed by atoms with E-state index in [1.807, 2.05) is 12.1 Å². The second kappa shape index (κ2) is 9.40. The van der Waals surface area contributed by atoms with Crippen LogP contribution in [0.25, 0.3) is 10.8 Å². The van der Waals surface area contributed by atoms with Crippen LogP contribution in [0.2, 0.25) is 0 Å². The lowest BCUT2D eigenvalue weighted by Crippen LogP contribution is -1.92. The predicted molar refractivity (Wildman–Crippen MR) is 95.6 cm³/mol. The summed E-state index contributed by atoms with van der Waals surface area (Å²) < 4.78 is 0. The van der Waals surface area contributed by atoms with Crippen molar-refractivity contribution in [2.45, 2.75) is 64.7 Å². The van der Waals surface area contributed by atoms with Crippen molar-refractivity contribution >= 4 is 17.1 Å². The molecule has 118 valence electrons. The highest BCUT2D eigenvalue weighted by molar-refractivity contribution is 5.91. The van der Waals surface area contributed by atoms with Crippen molar-refractivity contribution in [3.63, 3.8) is 0 Å². The van der Waals surface area contributed by atoms with Crippen molar-refractivity contribution in [2.24, 2.45) is 0 Å². The topological polar surface area (TPSA) is 17.1 Å². The highest BCUT2D eigenvalue weighted by Gasteiger charge is 2.03. The first kappa shape index (κ1) is 16.7. The largest absolute Gasteiger partial charge is 0.298 e. The van der Waals surface area contributed by atoms with Gasteiger partial charge in [-0.15, -0.1) is 0 Å². The van der Waals surface area contributed by atoms with Gasteiger partial charge in [-0.2, -0.15) is 0 Å². The van der Waals surface area contributed by atoms with Gasteiger partial charge in [0.2, 0.25) is 0 Å². The normalized spacial score (nSPS) is 11.0. The van der Waals surface area contributed by atoms with E-state index in [4.69, 9.17) is 0 Å². The molecule has 0 aliphatic heterocycles. The number of carbonyl (C=O) groups excluding carboxylic acids is 1. The van der Waals surface area contributed by atoms with Crippen LogP contribution < -0.4 is 0 Å². The van der Waals surface area contributed by atoms with Crippen molar-refractivity contribution < 1.29 is 4.79 Å². The maximum Gasteiger partial charge on any atom is 0.150 e. The molecule has 0 aliphatic carbocycles. The molecule has 0 amide bonds. The van der Waals surface area contributed by atoms with Gasteiger partial charge in [-0.3, -0.25) is 4.79 Å². The van der Waals surface area contributed by atoms with Crippen LogP contribution in [-0.2, 0) is 6.42 Å². The van der Waals surface area contributed by atoms with Crippen molar-refractivity contribution in [2.75, 3.05) is 0 Å². The second-order valence-electron chi connectivity index (χ2n) is 6.24. The first-order valence-electron chi connectivity index (χ1n) is 8.82. The summed E-state index contributed by atoms with van der Waals surface area (Å²) in [7, 11) is 0. The second-order valence-corrected chi connectivity index (χ2v) is 6.24. The summed E-state index contributed by atoms with van der Waals surface area (Å²) in [6.07, 6.45) is 12.8. The smallest absolute Gasteiger partial charge is 0.150 e. The van der Waals surface area contributed by atoms with E-state index in [1.54, 1.807) is 0 Å². The Kier molecular flexibility index (Phi) is 7.15. The summed E-state index contributed by atoms with van der Waals surface area (Å²) >= 11 is 0. The maximum absolute atomic E-state index is 11.1. The fraction of sp³-hybridized carbons (Fsp3) is 0.476. The molecule has 2 rings (SSSR count). The predicted octanol–water partition coefficient (Wildman–Crippen LogP) is 6.34. The summed E-state index contributed by atoms with van der Waals surface area (Å²) in [6.45, 7) is 2.26. The number of carbonyl (C=O) groups is 1. The van der Waals surface area contributed by atoms with Crippen molar-refractivity contribution in [1.29, 1.82) is 0 Å². The van der Waals surface area contributed by atoms with Crippen LogP contribution in [-0.4, -0.2) is 6.29 Å². The number of hydrogen-bond donors (Lipinski definition) is 0. The summed E-state index contributed by atoms with van der Waals surface area (Å²) in [5.74, 6) is 0. The average Bonchev–Trinajstić information content (AvgIpc) is 2.56. The van der Waals surface area contributed by atoms with E-state index >= 15 is 0 Å². The van der Waals surface area contributed by atoms with E-state index < -0.39 is 0 Å². The monoisotopic (exact) mass is 296 g/mol. The van der Waals surface area contributed by atoms with Gasteiger partial charge in [0.1, 0.15) is 6.29 Å². The zero-order valence-electron chi connectivity index (χ0n) is 13.8. The first-order valence-corrected chi connectivity index (χ1v) is 8.82. The van der Waals surface area contributed by atoms with E-state index in [2.05, 4.69) is 31.2 Å². The van der Waals surface area contributed by atoms with E-state index in [0.29, 0.717) is 0 Å². The van der Waals surface area contributed by atoms with Gasteiger partial charge in [0.15, 0.2) is 0 Å². The standard InChI is InChI=1S/C21H28O/c1-2-3-4-5-6-7-8-9-12-19-15-18(17-22)16-20-13-10-11-14-21(19)20/h10-11,13-17H,2-9,12H2,1H3. The molecule has 1 heteroatoms. The van der Waals surface area contributed by atoms with Crippen LogP contribution in [0.4, 0.5) is 0 Å². The van der Waals surface area contributed by atoms with E-state index in [1.165, 1.54) is 67.7 Å². The number of aldehydes is 1. The molecule has 0 fully saturated rings. The average molecular weight is 296 g/mol. The van der Waals surface area contributed by atoms with Crippen molar-refractivity contribution in [3.8, 4) is 0 Å². The minimum Gasteiger partial charge on any atom is -0.298 e. The molecule has 0 saturated carbocycles. The lowest BCUT2D eigenvalue weighted by atomic mass is 9.97. The molecular weight excluding hydrogens is 268 g/mol. The molecule has 0 heterocycles. The number of benzene rings is 2. The molecule has 0 bridgehead atoms. The van der Waals surface area contributed by atoms with Gasteiger partial charge in [0.25, 0.3) is 0 Å². The Balaban J connectivity index is 1.84. The minimum atomic E-state index is 0.799. The summed E-state index contributed by atoms with van der Waals surface area (Å²) in [6, 6.07) is 12.4. The Morgan fingerprint density at radius 3 is 2.27 bits per heavy atom. The Labute approximate surface area is 134 Å².